The number of amides is 1. The Morgan fingerprint density at radius 1 is 1.47 bits per heavy atom. The van der Waals surface area contributed by atoms with Crippen LogP contribution in [0.15, 0.2) is 6.33 Å². The smallest absolute Gasteiger partial charge is 0.244 e. The highest BCUT2D eigenvalue weighted by Crippen LogP contribution is 2.33. The summed E-state index contributed by atoms with van der Waals surface area (Å²) < 4.78 is 10.1. The quantitative estimate of drug-likeness (QED) is 0.788. The predicted molar refractivity (Wildman–Crippen MR) is 61.3 cm³/mol. The molecule has 0 aliphatic carbocycles. The molecule has 0 radical (unpaired) electrons. The van der Waals surface area contributed by atoms with Gasteiger partial charge in [-0.05, 0) is 0 Å². The number of nitrogens with zero attached hydrogens (tertiary/aromatic N) is 3. The van der Waals surface area contributed by atoms with E-state index in [1.165, 1.54) is 13.4 Å². The molecule has 1 N–H and O–H groups in total. The SMILES string of the molecule is COCCN1CC(=O)Nc2c(OC)ncnc21. The molecule has 1 aromatic heterocycles. The number of rotatable bonds is 4. The number of anilines is 2. The minimum absolute atomic E-state index is 0.110. The number of aromatic nitrogens is 2. The minimum Gasteiger partial charge on any atom is -0.479 e. The van der Waals surface area contributed by atoms with Crippen LogP contribution in [-0.4, -0.2) is 49.8 Å². The number of hydrogen-bond acceptors (Lipinski definition) is 6. The molecule has 1 amide bonds. The largest absolute Gasteiger partial charge is 0.479 e. The summed E-state index contributed by atoms with van der Waals surface area (Å²) >= 11 is 0. The second-order valence-corrected chi connectivity index (χ2v) is 3.54. The number of hydrogen-bond donors (Lipinski definition) is 1. The Morgan fingerprint density at radius 2 is 2.29 bits per heavy atom. The highest BCUT2D eigenvalue weighted by Gasteiger charge is 2.26. The molecular weight excluding hydrogens is 224 g/mol. The lowest BCUT2D eigenvalue weighted by molar-refractivity contribution is -0.115. The Hall–Kier alpha value is -1.89. The van der Waals surface area contributed by atoms with Crippen molar-refractivity contribution >= 4 is 17.4 Å². The van der Waals surface area contributed by atoms with Crippen LogP contribution in [0.25, 0.3) is 0 Å². The van der Waals surface area contributed by atoms with Gasteiger partial charge in [-0.2, -0.15) is 4.98 Å². The Morgan fingerprint density at radius 3 is 3.00 bits per heavy atom. The molecule has 2 rings (SSSR count). The molecule has 7 nitrogen and oxygen atoms in total. The molecule has 7 heteroatoms. The van der Waals surface area contributed by atoms with Crippen LogP contribution in [0.4, 0.5) is 11.5 Å². The van der Waals surface area contributed by atoms with Gasteiger partial charge >= 0.3 is 0 Å². The first-order valence-corrected chi connectivity index (χ1v) is 5.19. The summed E-state index contributed by atoms with van der Waals surface area (Å²) in [6, 6.07) is 0. The molecule has 1 aromatic rings. The van der Waals surface area contributed by atoms with Crippen LogP contribution < -0.4 is 15.0 Å². The van der Waals surface area contributed by atoms with Crippen LogP contribution in [0, 0.1) is 0 Å². The standard InChI is InChI=1S/C10H14N4O3/c1-16-4-3-14-5-7(15)13-8-9(14)11-6-12-10(8)17-2/h6H,3-5H2,1-2H3,(H,13,15). The molecule has 0 fully saturated rings. The van der Waals surface area contributed by atoms with E-state index < -0.39 is 0 Å². The summed E-state index contributed by atoms with van der Waals surface area (Å²) in [5.74, 6) is 0.917. The van der Waals surface area contributed by atoms with Gasteiger partial charge in [0.05, 0.1) is 20.3 Å². The molecule has 0 bridgehead atoms. The van der Waals surface area contributed by atoms with Gasteiger partial charge in [0, 0.05) is 13.7 Å². The number of carbonyl (C=O) groups excluding carboxylic acids is 1. The van der Waals surface area contributed by atoms with E-state index in [2.05, 4.69) is 15.3 Å². The summed E-state index contributed by atoms with van der Waals surface area (Å²) in [4.78, 5) is 21.5. The fourth-order valence-electron chi connectivity index (χ4n) is 1.68. The fraction of sp³-hybridized carbons (Fsp3) is 0.500. The van der Waals surface area contributed by atoms with Gasteiger partial charge in [-0.1, -0.05) is 0 Å². The molecule has 0 spiro atoms. The number of ether oxygens (including phenoxy) is 2. The summed E-state index contributed by atoms with van der Waals surface area (Å²) in [6.07, 6.45) is 1.41. The van der Waals surface area contributed by atoms with E-state index in [0.29, 0.717) is 30.5 Å². The molecule has 1 aliphatic heterocycles. The molecule has 2 heterocycles. The van der Waals surface area contributed by atoms with Crippen molar-refractivity contribution in [2.75, 3.05) is 44.1 Å². The van der Waals surface area contributed by atoms with Crippen molar-refractivity contribution in [3.8, 4) is 5.88 Å². The van der Waals surface area contributed by atoms with E-state index in [1.807, 2.05) is 4.90 Å². The first kappa shape index (κ1) is 11.6. The minimum atomic E-state index is -0.110. The van der Waals surface area contributed by atoms with E-state index in [1.54, 1.807) is 7.11 Å². The maximum atomic E-state index is 11.6. The number of methoxy groups -OCH3 is 2. The monoisotopic (exact) mass is 238 g/mol. The number of carbonyl (C=O) groups is 1. The second-order valence-electron chi connectivity index (χ2n) is 3.54. The van der Waals surface area contributed by atoms with Crippen molar-refractivity contribution < 1.29 is 14.3 Å². The molecule has 0 unspecified atom stereocenters. The molecule has 0 saturated carbocycles. The summed E-state index contributed by atoms with van der Waals surface area (Å²) in [7, 11) is 3.12. The Bertz CT molecular complexity index is 424. The van der Waals surface area contributed by atoms with Crippen LogP contribution in [0.3, 0.4) is 0 Å². The van der Waals surface area contributed by atoms with Gasteiger partial charge < -0.3 is 19.7 Å². The average Bonchev–Trinajstić information content (AvgIpc) is 2.35. The van der Waals surface area contributed by atoms with Gasteiger partial charge in [0.1, 0.15) is 12.0 Å². The van der Waals surface area contributed by atoms with Crippen LogP contribution in [0.2, 0.25) is 0 Å². The first-order chi connectivity index (χ1) is 8.26. The Labute approximate surface area is 98.8 Å². The van der Waals surface area contributed by atoms with Crippen molar-refractivity contribution in [1.82, 2.24) is 9.97 Å². The van der Waals surface area contributed by atoms with E-state index in [-0.39, 0.29) is 12.5 Å². The van der Waals surface area contributed by atoms with Crippen LogP contribution >= 0.6 is 0 Å². The molecular formula is C10H14N4O3. The summed E-state index contributed by atoms with van der Waals surface area (Å²) in [5, 5.41) is 2.71. The van der Waals surface area contributed by atoms with Crippen molar-refractivity contribution in [1.29, 1.82) is 0 Å². The van der Waals surface area contributed by atoms with Crippen molar-refractivity contribution in [2.45, 2.75) is 0 Å². The second kappa shape index (κ2) is 4.96. The van der Waals surface area contributed by atoms with Crippen LogP contribution in [0.5, 0.6) is 5.88 Å². The normalized spacial score (nSPS) is 14.2. The maximum Gasteiger partial charge on any atom is 0.244 e. The van der Waals surface area contributed by atoms with E-state index in [4.69, 9.17) is 9.47 Å². The topological polar surface area (TPSA) is 76.6 Å². The van der Waals surface area contributed by atoms with Gasteiger partial charge in [-0.25, -0.2) is 4.98 Å². The highest BCUT2D eigenvalue weighted by molar-refractivity contribution is 6.01. The Kier molecular flexibility index (Phi) is 3.38. The van der Waals surface area contributed by atoms with Gasteiger partial charge in [0.15, 0.2) is 5.82 Å². The first-order valence-electron chi connectivity index (χ1n) is 5.19. The highest BCUT2D eigenvalue weighted by atomic mass is 16.5. The average molecular weight is 238 g/mol. The molecule has 0 atom stereocenters. The lowest BCUT2D eigenvalue weighted by Gasteiger charge is -2.29. The maximum absolute atomic E-state index is 11.6. The summed E-state index contributed by atoms with van der Waals surface area (Å²) in [5.41, 5.74) is 0.516. The molecule has 1 aliphatic rings. The molecule has 0 saturated heterocycles. The number of fused-ring (bicyclic) bond motifs is 1. The molecule has 92 valence electrons. The van der Waals surface area contributed by atoms with Gasteiger partial charge in [0.2, 0.25) is 11.8 Å². The van der Waals surface area contributed by atoms with Gasteiger partial charge in [0.25, 0.3) is 0 Å². The molecule has 17 heavy (non-hydrogen) atoms. The lowest BCUT2D eigenvalue weighted by atomic mass is 10.3. The summed E-state index contributed by atoms with van der Waals surface area (Å²) in [6.45, 7) is 1.38. The fourth-order valence-corrected chi connectivity index (χ4v) is 1.68. The van der Waals surface area contributed by atoms with Crippen molar-refractivity contribution in [3.63, 3.8) is 0 Å². The van der Waals surface area contributed by atoms with Crippen LogP contribution in [0.1, 0.15) is 0 Å². The third-order valence-electron chi connectivity index (χ3n) is 2.45. The van der Waals surface area contributed by atoms with E-state index >= 15 is 0 Å². The van der Waals surface area contributed by atoms with E-state index in [9.17, 15) is 4.79 Å². The van der Waals surface area contributed by atoms with Crippen LogP contribution in [-0.2, 0) is 9.53 Å². The zero-order chi connectivity index (χ0) is 12.3. The van der Waals surface area contributed by atoms with Gasteiger partial charge in [-0.15, -0.1) is 0 Å². The molecule has 0 aromatic carbocycles. The predicted octanol–water partition coefficient (Wildman–Crippen LogP) is -0.110. The van der Waals surface area contributed by atoms with Crippen molar-refractivity contribution in [2.24, 2.45) is 0 Å². The third kappa shape index (κ3) is 2.28. The Balaban J connectivity index is 2.32. The lowest BCUT2D eigenvalue weighted by Crippen LogP contribution is -2.40. The zero-order valence-electron chi connectivity index (χ0n) is 9.77. The third-order valence-corrected chi connectivity index (χ3v) is 2.45. The van der Waals surface area contributed by atoms with Crippen molar-refractivity contribution in [3.05, 3.63) is 6.33 Å². The number of nitrogens with one attached hydrogen (secondary N) is 1. The van der Waals surface area contributed by atoms with E-state index in [0.717, 1.165) is 0 Å². The van der Waals surface area contributed by atoms with Gasteiger partial charge in [-0.3, -0.25) is 4.79 Å². The zero-order valence-corrected chi connectivity index (χ0v) is 9.77.